The van der Waals surface area contributed by atoms with Gasteiger partial charge in [-0.3, -0.25) is 0 Å². The van der Waals surface area contributed by atoms with Gasteiger partial charge in [-0.2, -0.15) is 0 Å². The molecular weight excluding hydrogens is 576 g/mol. The molecule has 11 nitrogen and oxygen atoms in total. The van der Waals surface area contributed by atoms with Crippen LogP contribution in [0, 0.1) is 11.8 Å². The van der Waals surface area contributed by atoms with E-state index in [1.165, 1.54) is 4.90 Å². The summed E-state index contributed by atoms with van der Waals surface area (Å²) in [7, 11) is 1.61. The molecule has 0 radical (unpaired) electrons. The molecule has 1 aromatic rings. The van der Waals surface area contributed by atoms with Crippen molar-refractivity contribution in [2.24, 2.45) is 11.8 Å². The predicted molar refractivity (Wildman–Crippen MR) is 164 cm³/mol. The van der Waals surface area contributed by atoms with E-state index < -0.39 is 36.0 Å². The fourth-order valence-corrected chi connectivity index (χ4v) is 6.17. The van der Waals surface area contributed by atoms with Crippen LogP contribution in [0.5, 0.6) is 0 Å². The topological polar surface area (TPSA) is 141 Å². The maximum absolute atomic E-state index is 13.7. The van der Waals surface area contributed by atoms with Gasteiger partial charge in [0.1, 0.15) is 5.60 Å². The summed E-state index contributed by atoms with van der Waals surface area (Å²) < 4.78 is 11.7. The summed E-state index contributed by atoms with van der Waals surface area (Å²) in [5.41, 5.74) is 0.194. The van der Waals surface area contributed by atoms with E-state index in [2.05, 4.69) is 10.6 Å². The van der Waals surface area contributed by atoms with E-state index in [4.69, 9.17) is 26.2 Å². The monoisotopic (exact) mass is 624 g/mol. The maximum atomic E-state index is 13.7. The van der Waals surface area contributed by atoms with Gasteiger partial charge in [0.25, 0.3) is 0 Å². The van der Waals surface area contributed by atoms with Crippen LogP contribution in [0.25, 0.3) is 0 Å². The molecule has 12 heteroatoms. The first-order valence-electron chi connectivity index (χ1n) is 15.4. The summed E-state index contributed by atoms with van der Waals surface area (Å²) in [4.78, 5) is 40.5. The summed E-state index contributed by atoms with van der Waals surface area (Å²) in [6.07, 6.45) is 3.68. The second kappa shape index (κ2) is 16.4. The minimum absolute atomic E-state index is 0.0419. The standard InChI is InChI=1S/C31H49ClN4O7/c1-31(2,3)43-30(41)35(4)20-25(26(37)21-10-6-5-7-11-21)34-28(38)36-16-9-13-23(19-36)27(42-17-15-33-29(39)40)22-12-8-14-24(32)18-22/h8,12,14,18,21,23,25-27,33,37H,5-7,9-11,13,15-17,19-20H2,1-4H3,(H,34,38)(H,39,40)/t23-,25-,26+,27+/m1/s1. The molecule has 0 bridgehead atoms. The second-order valence-corrected chi connectivity index (χ2v) is 13.2. The van der Waals surface area contributed by atoms with Gasteiger partial charge in [-0.25, -0.2) is 14.4 Å². The molecule has 1 saturated heterocycles. The summed E-state index contributed by atoms with van der Waals surface area (Å²) in [5.74, 6) is -0.0193. The quantitative estimate of drug-likeness (QED) is 0.246. The van der Waals surface area contributed by atoms with Gasteiger partial charge in [0.2, 0.25) is 0 Å². The van der Waals surface area contributed by atoms with Gasteiger partial charge in [-0.05, 0) is 70.1 Å². The Labute approximate surface area is 260 Å². The largest absolute Gasteiger partial charge is 0.465 e. The van der Waals surface area contributed by atoms with Gasteiger partial charge >= 0.3 is 18.2 Å². The lowest BCUT2D eigenvalue weighted by Gasteiger charge is -2.39. The molecule has 0 spiro atoms. The zero-order chi connectivity index (χ0) is 31.6. The molecule has 2 fully saturated rings. The number of hydrogen-bond acceptors (Lipinski definition) is 6. The Morgan fingerprint density at radius 1 is 1.12 bits per heavy atom. The zero-order valence-electron chi connectivity index (χ0n) is 25.9. The van der Waals surface area contributed by atoms with Crippen LogP contribution in [0.15, 0.2) is 24.3 Å². The van der Waals surface area contributed by atoms with Crippen molar-refractivity contribution in [1.82, 2.24) is 20.4 Å². The van der Waals surface area contributed by atoms with Crippen LogP contribution in [0.4, 0.5) is 14.4 Å². The number of urea groups is 1. The number of nitrogens with one attached hydrogen (secondary N) is 2. The molecule has 3 rings (SSSR count). The predicted octanol–water partition coefficient (Wildman–Crippen LogP) is 5.26. The molecule has 4 atom stereocenters. The summed E-state index contributed by atoms with van der Waals surface area (Å²) in [5, 5.41) is 26.3. The van der Waals surface area contributed by atoms with Crippen molar-refractivity contribution in [3.63, 3.8) is 0 Å². The lowest BCUT2D eigenvalue weighted by molar-refractivity contribution is -0.00995. The van der Waals surface area contributed by atoms with Crippen LogP contribution in [0.1, 0.15) is 77.4 Å². The molecule has 1 aliphatic heterocycles. The van der Waals surface area contributed by atoms with Gasteiger partial charge in [0.15, 0.2) is 0 Å². The molecule has 43 heavy (non-hydrogen) atoms. The highest BCUT2D eigenvalue weighted by Gasteiger charge is 2.36. The highest BCUT2D eigenvalue weighted by atomic mass is 35.5. The van der Waals surface area contributed by atoms with E-state index in [0.717, 1.165) is 50.5 Å². The van der Waals surface area contributed by atoms with Gasteiger partial charge in [-0.15, -0.1) is 0 Å². The molecule has 0 unspecified atom stereocenters. The Hall–Kier alpha value is -2.76. The first-order chi connectivity index (χ1) is 20.3. The Morgan fingerprint density at radius 2 is 1.81 bits per heavy atom. The third-order valence-corrected chi connectivity index (χ3v) is 8.29. The number of aliphatic hydroxyl groups excluding tert-OH is 1. The number of benzene rings is 1. The lowest BCUT2D eigenvalue weighted by atomic mass is 9.82. The number of nitrogens with zero attached hydrogens (tertiary/aromatic N) is 2. The molecule has 1 aliphatic carbocycles. The number of piperidine rings is 1. The van der Waals surface area contributed by atoms with Gasteiger partial charge in [-0.1, -0.05) is 43.0 Å². The number of ether oxygens (including phenoxy) is 2. The van der Waals surface area contributed by atoms with Crippen LogP contribution in [0.3, 0.4) is 0 Å². The highest BCUT2D eigenvalue weighted by Crippen LogP contribution is 2.34. The molecule has 0 aromatic heterocycles. The molecule has 1 saturated carbocycles. The summed E-state index contributed by atoms with van der Waals surface area (Å²) in [6.45, 7) is 6.75. The smallest absolute Gasteiger partial charge is 0.410 e. The number of likely N-dealkylation sites (N-methyl/N-ethyl adjacent to an activating group) is 1. The van der Waals surface area contributed by atoms with Crippen LogP contribution < -0.4 is 10.6 Å². The Kier molecular flexibility index (Phi) is 13.2. The van der Waals surface area contributed by atoms with Crippen molar-refractivity contribution >= 4 is 29.8 Å². The van der Waals surface area contributed by atoms with Crippen molar-refractivity contribution < 1.29 is 34.1 Å². The number of aliphatic hydroxyl groups is 1. The van der Waals surface area contributed by atoms with Crippen molar-refractivity contribution in [1.29, 1.82) is 0 Å². The number of hydrogen-bond donors (Lipinski definition) is 4. The van der Waals surface area contributed by atoms with E-state index in [1.807, 2.05) is 18.2 Å². The molecule has 1 aromatic carbocycles. The van der Waals surface area contributed by atoms with Crippen LogP contribution in [0.2, 0.25) is 5.02 Å². The maximum Gasteiger partial charge on any atom is 0.410 e. The van der Waals surface area contributed by atoms with Gasteiger partial charge in [0.05, 0.1) is 24.9 Å². The van der Waals surface area contributed by atoms with Crippen molar-refractivity contribution in [2.75, 3.05) is 39.8 Å². The number of rotatable bonds is 11. The van der Waals surface area contributed by atoms with E-state index in [0.29, 0.717) is 18.1 Å². The fourth-order valence-electron chi connectivity index (χ4n) is 5.98. The van der Waals surface area contributed by atoms with Crippen molar-refractivity contribution in [3.8, 4) is 0 Å². The minimum atomic E-state index is -1.12. The number of carbonyl (C=O) groups excluding carboxylic acids is 2. The van der Waals surface area contributed by atoms with Gasteiger partial charge < -0.3 is 40.1 Å². The average molecular weight is 625 g/mol. The first kappa shape index (κ1) is 34.7. The van der Waals surface area contributed by atoms with E-state index >= 15 is 0 Å². The summed E-state index contributed by atoms with van der Waals surface area (Å²) >= 11 is 6.28. The number of halogens is 1. The SMILES string of the molecule is CN(C[C@@H](NC(=O)N1CCC[C@@H]([C@@H](OCCNC(=O)O)c2cccc(Cl)c2)C1)[C@@H](O)C1CCCCC1)C(=O)OC(C)(C)C. The molecule has 1 heterocycles. The molecular formula is C31H49ClN4O7. The van der Waals surface area contributed by atoms with Crippen molar-refractivity contribution in [3.05, 3.63) is 34.9 Å². The molecule has 242 valence electrons. The summed E-state index contributed by atoms with van der Waals surface area (Å²) in [6, 6.07) is 6.40. The molecule has 2 aliphatic rings. The average Bonchev–Trinajstić information content (AvgIpc) is 2.95. The number of carbonyl (C=O) groups is 3. The Morgan fingerprint density at radius 3 is 2.47 bits per heavy atom. The fraction of sp³-hybridized carbons (Fsp3) is 0.710. The first-order valence-corrected chi connectivity index (χ1v) is 15.7. The molecule has 4 amide bonds. The Bertz CT molecular complexity index is 1060. The highest BCUT2D eigenvalue weighted by molar-refractivity contribution is 6.30. The number of carboxylic acid groups (broad SMARTS) is 1. The van der Waals surface area contributed by atoms with Crippen LogP contribution in [-0.4, -0.2) is 95.8 Å². The van der Waals surface area contributed by atoms with E-state index in [-0.39, 0.29) is 37.6 Å². The third-order valence-electron chi connectivity index (χ3n) is 8.06. The zero-order valence-corrected chi connectivity index (χ0v) is 26.6. The second-order valence-electron chi connectivity index (χ2n) is 12.7. The normalized spacial score (nSPS) is 20.0. The molecule has 4 N–H and O–H groups in total. The Balaban J connectivity index is 1.73. The van der Waals surface area contributed by atoms with E-state index in [1.54, 1.807) is 38.8 Å². The van der Waals surface area contributed by atoms with Crippen molar-refractivity contribution in [2.45, 2.75) is 89.6 Å². The minimum Gasteiger partial charge on any atom is -0.465 e. The van der Waals surface area contributed by atoms with Gasteiger partial charge in [0, 0.05) is 44.2 Å². The van der Waals surface area contributed by atoms with E-state index in [9.17, 15) is 19.5 Å². The number of amides is 4. The van der Waals surface area contributed by atoms with Crippen LogP contribution in [-0.2, 0) is 9.47 Å². The third kappa shape index (κ3) is 11.4. The number of likely N-dealkylation sites (tertiary alicyclic amines) is 1. The lowest BCUT2D eigenvalue weighted by Crippen LogP contribution is -2.57. The van der Waals surface area contributed by atoms with Crippen LogP contribution >= 0.6 is 11.6 Å².